The second kappa shape index (κ2) is 4.51. The largest absolute Gasteiger partial charge is 0.240 e. The maximum Gasteiger partial charge on any atom is 0.126 e. The standard InChI is InChI=1S/C14H13FN2S/c1-9-4-5-10(6-11(9)15)12-7-18-13(17-12)14(2,3)8-16/h4-7H,1-3H3. The van der Waals surface area contributed by atoms with Gasteiger partial charge in [-0.3, -0.25) is 0 Å². The topological polar surface area (TPSA) is 36.7 Å². The highest BCUT2D eigenvalue weighted by Gasteiger charge is 2.24. The summed E-state index contributed by atoms with van der Waals surface area (Å²) in [5.41, 5.74) is 1.48. The minimum atomic E-state index is -0.605. The molecule has 2 rings (SSSR count). The smallest absolute Gasteiger partial charge is 0.126 e. The number of hydrogen-bond donors (Lipinski definition) is 0. The maximum atomic E-state index is 13.5. The van der Waals surface area contributed by atoms with Gasteiger partial charge in [0.15, 0.2) is 0 Å². The Labute approximate surface area is 110 Å². The van der Waals surface area contributed by atoms with Crippen molar-refractivity contribution >= 4 is 11.3 Å². The third-order valence-electron chi connectivity index (χ3n) is 2.79. The van der Waals surface area contributed by atoms with Crippen LogP contribution in [0, 0.1) is 24.1 Å². The van der Waals surface area contributed by atoms with E-state index in [9.17, 15) is 4.39 Å². The lowest BCUT2D eigenvalue weighted by Crippen LogP contribution is -2.13. The quantitative estimate of drug-likeness (QED) is 0.816. The van der Waals surface area contributed by atoms with Gasteiger partial charge in [0.05, 0.1) is 11.8 Å². The van der Waals surface area contributed by atoms with Gasteiger partial charge in [-0.15, -0.1) is 11.3 Å². The lowest BCUT2D eigenvalue weighted by molar-refractivity contribution is 0.619. The number of aryl methyl sites for hydroxylation is 1. The first-order valence-electron chi connectivity index (χ1n) is 5.58. The fraction of sp³-hybridized carbons (Fsp3) is 0.286. The van der Waals surface area contributed by atoms with E-state index in [0.717, 1.165) is 16.3 Å². The SMILES string of the molecule is Cc1ccc(-c2csc(C(C)(C)C#N)n2)cc1F. The van der Waals surface area contributed by atoms with Gasteiger partial charge in [-0.2, -0.15) is 5.26 Å². The molecule has 2 aromatic rings. The molecule has 1 aromatic heterocycles. The summed E-state index contributed by atoms with van der Waals surface area (Å²) >= 11 is 1.43. The van der Waals surface area contributed by atoms with Crippen LogP contribution in [0.4, 0.5) is 4.39 Å². The normalized spacial score (nSPS) is 11.3. The van der Waals surface area contributed by atoms with E-state index >= 15 is 0 Å². The predicted molar refractivity (Wildman–Crippen MR) is 70.9 cm³/mol. The van der Waals surface area contributed by atoms with Gasteiger partial charge in [-0.05, 0) is 32.4 Å². The number of benzene rings is 1. The number of hydrogen-bond acceptors (Lipinski definition) is 3. The summed E-state index contributed by atoms with van der Waals surface area (Å²) in [6, 6.07) is 7.28. The molecular weight excluding hydrogens is 247 g/mol. The lowest BCUT2D eigenvalue weighted by Gasteiger charge is -2.10. The van der Waals surface area contributed by atoms with E-state index in [1.54, 1.807) is 13.0 Å². The van der Waals surface area contributed by atoms with E-state index < -0.39 is 5.41 Å². The fourth-order valence-corrected chi connectivity index (χ4v) is 2.40. The molecule has 0 saturated heterocycles. The minimum Gasteiger partial charge on any atom is -0.240 e. The van der Waals surface area contributed by atoms with Gasteiger partial charge in [-0.1, -0.05) is 12.1 Å². The van der Waals surface area contributed by atoms with Crippen molar-refractivity contribution in [1.82, 2.24) is 4.98 Å². The first-order chi connectivity index (χ1) is 8.44. The zero-order valence-electron chi connectivity index (χ0n) is 10.5. The molecule has 0 amide bonds. The van der Waals surface area contributed by atoms with Crippen LogP contribution in [0.15, 0.2) is 23.6 Å². The highest BCUT2D eigenvalue weighted by Crippen LogP contribution is 2.30. The van der Waals surface area contributed by atoms with Crippen LogP contribution in [0.1, 0.15) is 24.4 Å². The van der Waals surface area contributed by atoms with Crippen molar-refractivity contribution in [3.05, 3.63) is 40.0 Å². The monoisotopic (exact) mass is 260 g/mol. The van der Waals surface area contributed by atoms with Crippen LogP contribution in [0.2, 0.25) is 0 Å². The Hall–Kier alpha value is -1.73. The summed E-state index contributed by atoms with van der Waals surface area (Å²) in [5.74, 6) is -0.235. The molecule has 4 heteroatoms. The summed E-state index contributed by atoms with van der Waals surface area (Å²) in [4.78, 5) is 4.42. The number of aromatic nitrogens is 1. The molecule has 0 aliphatic rings. The van der Waals surface area contributed by atoms with Crippen molar-refractivity contribution in [1.29, 1.82) is 5.26 Å². The molecular formula is C14H13FN2S. The van der Waals surface area contributed by atoms with Gasteiger partial charge in [0.2, 0.25) is 0 Å². The highest BCUT2D eigenvalue weighted by molar-refractivity contribution is 7.10. The summed E-state index contributed by atoms with van der Waals surface area (Å²) in [5, 5.41) is 11.7. The van der Waals surface area contributed by atoms with Crippen LogP contribution in [0.5, 0.6) is 0 Å². The Bertz CT molecular complexity index is 623. The van der Waals surface area contributed by atoms with Crippen molar-refractivity contribution in [2.24, 2.45) is 0 Å². The molecule has 0 aliphatic carbocycles. The van der Waals surface area contributed by atoms with Gasteiger partial charge in [0, 0.05) is 10.9 Å². The number of nitrogens with zero attached hydrogens (tertiary/aromatic N) is 2. The van der Waals surface area contributed by atoms with Gasteiger partial charge in [0.1, 0.15) is 16.2 Å². The molecule has 18 heavy (non-hydrogen) atoms. The zero-order valence-corrected chi connectivity index (χ0v) is 11.3. The summed E-state index contributed by atoms with van der Waals surface area (Å²) in [7, 11) is 0. The molecule has 0 bridgehead atoms. The summed E-state index contributed by atoms with van der Waals surface area (Å²) < 4.78 is 13.5. The molecule has 2 nitrogen and oxygen atoms in total. The second-order valence-electron chi connectivity index (χ2n) is 4.74. The third kappa shape index (κ3) is 2.27. The zero-order chi connectivity index (χ0) is 13.3. The Morgan fingerprint density at radius 1 is 1.39 bits per heavy atom. The van der Waals surface area contributed by atoms with Crippen LogP contribution < -0.4 is 0 Å². The predicted octanol–water partition coefficient (Wildman–Crippen LogP) is 4.06. The molecule has 0 atom stereocenters. The first-order valence-corrected chi connectivity index (χ1v) is 6.46. The first kappa shape index (κ1) is 12.7. The van der Waals surface area contributed by atoms with Crippen LogP contribution in [-0.4, -0.2) is 4.98 Å². The van der Waals surface area contributed by atoms with E-state index in [4.69, 9.17) is 5.26 Å². The number of rotatable bonds is 2. The molecule has 0 unspecified atom stereocenters. The second-order valence-corrected chi connectivity index (χ2v) is 5.60. The molecule has 92 valence electrons. The summed E-state index contributed by atoms with van der Waals surface area (Å²) in [6.45, 7) is 5.38. The van der Waals surface area contributed by atoms with Crippen LogP contribution >= 0.6 is 11.3 Å². The van der Waals surface area contributed by atoms with Crippen LogP contribution in [0.25, 0.3) is 11.3 Å². The van der Waals surface area contributed by atoms with Gasteiger partial charge >= 0.3 is 0 Å². The van der Waals surface area contributed by atoms with Crippen LogP contribution in [-0.2, 0) is 5.41 Å². The lowest BCUT2D eigenvalue weighted by atomic mass is 9.97. The van der Waals surface area contributed by atoms with Gasteiger partial charge < -0.3 is 0 Å². The molecule has 0 fully saturated rings. The Morgan fingerprint density at radius 2 is 2.11 bits per heavy atom. The number of halogens is 1. The van der Waals surface area contributed by atoms with Crippen molar-refractivity contribution < 1.29 is 4.39 Å². The van der Waals surface area contributed by atoms with Crippen LogP contribution in [0.3, 0.4) is 0 Å². The van der Waals surface area contributed by atoms with Crippen molar-refractivity contribution in [2.75, 3.05) is 0 Å². The average Bonchev–Trinajstić information content (AvgIpc) is 2.83. The molecule has 0 N–H and O–H groups in total. The molecule has 1 heterocycles. The minimum absolute atomic E-state index is 0.235. The van der Waals surface area contributed by atoms with Gasteiger partial charge in [-0.25, -0.2) is 9.37 Å². The van der Waals surface area contributed by atoms with Crippen molar-refractivity contribution in [2.45, 2.75) is 26.2 Å². The molecule has 1 aromatic carbocycles. The molecule has 0 saturated carbocycles. The highest BCUT2D eigenvalue weighted by atomic mass is 32.1. The number of thiazole rings is 1. The molecule has 0 spiro atoms. The molecule has 0 aliphatic heterocycles. The molecule has 0 radical (unpaired) electrons. The fourth-order valence-electron chi connectivity index (χ4n) is 1.49. The van der Waals surface area contributed by atoms with E-state index in [1.165, 1.54) is 17.4 Å². The van der Waals surface area contributed by atoms with Gasteiger partial charge in [0.25, 0.3) is 0 Å². The van der Waals surface area contributed by atoms with E-state index in [1.807, 2.05) is 25.3 Å². The van der Waals surface area contributed by atoms with E-state index in [-0.39, 0.29) is 5.82 Å². The third-order valence-corrected chi connectivity index (χ3v) is 3.95. The average molecular weight is 260 g/mol. The van der Waals surface area contributed by atoms with E-state index in [2.05, 4.69) is 11.1 Å². The Morgan fingerprint density at radius 3 is 2.72 bits per heavy atom. The maximum absolute atomic E-state index is 13.5. The Balaban J connectivity index is 2.42. The van der Waals surface area contributed by atoms with E-state index in [0.29, 0.717) is 5.56 Å². The summed E-state index contributed by atoms with van der Waals surface area (Å²) in [6.07, 6.45) is 0. The van der Waals surface area contributed by atoms with Crippen molar-refractivity contribution in [3.8, 4) is 17.3 Å². The number of nitriles is 1. The Kier molecular flexibility index (Phi) is 3.18. The van der Waals surface area contributed by atoms with Crippen molar-refractivity contribution in [3.63, 3.8) is 0 Å².